The molecule has 0 aliphatic rings. The molecule has 0 atom stereocenters. The lowest BCUT2D eigenvalue weighted by atomic mass is 10.1. The number of hydrogen-bond donors (Lipinski definition) is 0. The third kappa shape index (κ3) is 2.56. The molecule has 2 rings (SSSR count). The summed E-state index contributed by atoms with van der Waals surface area (Å²) in [7, 11) is 0. The molecule has 2 aromatic rings. The lowest BCUT2D eigenvalue weighted by Crippen LogP contribution is -2.09. The number of carbonyl (C=O) groups is 1. The van der Waals surface area contributed by atoms with Crippen LogP contribution in [0.15, 0.2) is 42.5 Å². The average molecular weight is 251 g/mol. The Morgan fingerprint density at radius 3 is 2.28 bits per heavy atom. The van der Waals surface area contributed by atoms with Crippen LogP contribution in [0.3, 0.4) is 0 Å². The van der Waals surface area contributed by atoms with E-state index in [4.69, 9.17) is 0 Å². The van der Waals surface area contributed by atoms with Crippen LogP contribution >= 0.6 is 0 Å². The summed E-state index contributed by atoms with van der Waals surface area (Å²) < 4.78 is 37.9. The Balaban J connectivity index is 2.58. The second-order valence-electron chi connectivity index (χ2n) is 3.65. The monoisotopic (exact) mass is 251 g/mol. The van der Waals surface area contributed by atoms with Crippen LogP contribution in [0.25, 0.3) is 11.3 Å². The SMILES string of the molecule is O=Cc1cc(-c2ccccc2)nc(C(F)(F)F)c1. The van der Waals surface area contributed by atoms with Gasteiger partial charge in [0.1, 0.15) is 12.0 Å². The Labute approximate surface area is 101 Å². The van der Waals surface area contributed by atoms with Gasteiger partial charge in [-0.2, -0.15) is 13.2 Å². The molecule has 18 heavy (non-hydrogen) atoms. The molecule has 5 heteroatoms. The molecule has 0 fully saturated rings. The van der Waals surface area contributed by atoms with E-state index in [9.17, 15) is 18.0 Å². The van der Waals surface area contributed by atoms with Gasteiger partial charge in [-0.05, 0) is 12.1 Å². The van der Waals surface area contributed by atoms with E-state index in [1.54, 1.807) is 30.3 Å². The van der Waals surface area contributed by atoms with Gasteiger partial charge in [-0.1, -0.05) is 30.3 Å². The third-order valence-corrected chi connectivity index (χ3v) is 2.34. The van der Waals surface area contributed by atoms with Gasteiger partial charge in [0.2, 0.25) is 0 Å². The second kappa shape index (κ2) is 4.60. The molecule has 0 aliphatic heterocycles. The zero-order valence-corrected chi connectivity index (χ0v) is 9.11. The van der Waals surface area contributed by atoms with Gasteiger partial charge >= 0.3 is 6.18 Å². The molecule has 0 radical (unpaired) electrons. The summed E-state index contributed by atoms with van der Waals surface area (Å²) in [5.74, 6) is 0. The van der Waals surface area contributed by atoms with Crippen molar-refractivity contribution in [3.8, 4) is 11.3 Å². The van der Waals surface area contributed by atoms with Crippen LogP contribution in [0.5, 0.6) is 0 Å². The molecule has 0 N–H and O–H groups in total. The average Bonchev–Trinajstić information content (AvgIpc) is 2.38. The maximum absolute atomic E-state index is 12.6. The van der Waals surface area contributed by atoms with Gasteiger partial charge in [0.25, 0.3) is 0 Å². The molecule has 92 valence electrons. The number of aromatic nitrogens is 1. The first kappa shape index (κ1) is 12.3. The number of nitrogens with zero attached hydrogens (tertiary/aromatic N) is 1. The summed E-state index contributed by atoms with van der Waals surface area (Å²) in [4.78, 5) is 14.2. The Kier molecular flexibility index (Phi) is 3.14. The van der Waals surface area contributed by atoms with Crippen molar-refractivity contribution in [2.24, 2.45) is 0 Å². The van der Waals surface area contributed by atoms with E-state index in [2.05, 4.69) is 4.98 Å². The number of alkyl halides is 3. The van der Waals surface area contributed by atoms with Crippen molar-refractivity contribution in [3.63, 3.8) is 0 Å². The topological polar surface area (TPSA) is 30.0 Å². The van der Waals surface area contributed by atoms with Crippen molar-refractivity contribution in [1.29, 1.82) is 0 Å². The zero-order valence-electron chi connectivity index (χ0n) is 9.11. The normalized spacial score (nSPS) is 11.3. The number of pyridine rings is 1. The summed E-state index contributed by atoms with van der Waals surface area (Å²) >= 11 is 0. The van der Waals surface area contributed by atoms with Crippen LogP contribution in [0.4, 0.5) is 13.2 Å². The number of halogens is 3. The fourth-order valence-corrected chi connectivity index (χ4v) is 1.52. The first-order valence-corrected chi connectivity index (χ1v) is 5.10. The maximum atomic E-state index is 12.6. The van der Waals surface area contributed by atoms with Crippen LogP contribution in [0.1, 0.15) is 16.1 Å². The Hall–Kier alpha value is -2.17. The first-order valence-electron chi connectivity index (χ1n) is 5.10. The molecule has 0 unspecified atom stereocenters. The van der Waals surface area contributed by atoms with Crippen LogP contribution < -0.4 is 0 Å². The summed E-state index contributed by atoms with van der Waals surface area (Å²) in [6, 6.07) is 10.5. The van der Waals surface area contributed by atoms with E-state index in [1.807, 2.05) is 0 Å². The van der Waals surface area contributed by atoms with Gasteiger partial charge < -0.3 is 0 Å². The van der Waals surface area contributed by atoms with Crippen LogP contribution in [0.2, 0.25) is 0 Å². The largest absolute Gasteiger partial charge is 0.433 e. The minimum absolute atomic E-state index is 0.0452. The van der Waals surface area contributed by atoms with Crippen molar-refractivity contribution in [3.05, 3.63) is 53.7 Å². The highest BCUT2D eigenvalue weighted by atomic mass is 19.4. The summed E-state index contributed by atoms with van der Waals surface area (Å²) in [6.07, 6.45) is -4.19. The van der Waals surface area contributed by atoms with Gasteiger partial charge in [0, 0.05) is 11.1 Å². The Morgan fingerprint density at radius 1 is 1.06 bits per heavy atom. The van der Waals surface area contributed by atoms with E-state index in [-0.39, 0.29) is 11.3 Å². The lowest BCUT2D eigenvalue weighted by molar-refractivity contribution is -0.141. The Morgan fingerprint density at radius 2 is 1.72 bits per heavy atom. The highest BCUT2D eigenvalue weighted by Crippen LogP contribution is 2.30. The summed E-state index contributed by atoms with van der Waals surface area (Å²) in [6.45, 7) is 0. The molecule has 2 nitrogen and oxygen atoms in total. The molecule has 0 saturated carbocycles. The predicted octanol–water partition coefficient (Wildman–Crippen LogP) is 3.58. The van der Waals surface area contributed by atoms with Crippen LogP contribution in [-0.4, -0.2) is 11.3 Å². The molecule has 0 aliphatic carbocycles. The van der Waals surface area contributed by atoms with Crippen molar-refractivity contribution in [2.45, 2.75) is 6.18 Å². The van der Waals surface area contributed by atoms with Crippen LogP contribution in [0, 0.1) is 0 Å². The maximum Gasteiger partial charge on any atom is 0.433 e. The van der Waals surface area contributed by atoms with E-state index in [1.165, 1.54) is 6.07 Å². The summed E-state index contributed by atoms with van der Waals surface area (Å²) in [5.41, 5.74) is -0.443. The molecule has 0 bridgehead atoms. The zero-order chi connectivity index (χ0) is 13.2. The standard InChI is InChI=1S/C13H8F3NO/c14-13(15,16)12-7-9(8-18)6-11(17-12)10-4-2-1-3-5-10/h1-8H. The van der Waals surface area contributed by atoms with Gasteiger partial charge in [-0.15, -0.1) is 0 Å². The highest BCUT2D eigenvalue weighted by molar-refractivity contribution is 5.78. The van der Waals surface area contributed by atoms with Crippen LogP contribution in [-0.2, 0) is 6.18 Å². The highest BCUT2D eigenvalue weighted by Gasteiger charge is 2.33. The minimum atomic E-state index is -4.57. The molecular formula is C13H8F3NO. The van der Waals surface area contributed by atoms with Gasteiger partial charge in [-0.25, -0.2) is 4.98 Å². The number of carbonyl (C=O) groups excluding carboxylic acids is 1. The molecular weight excluding hydrogens is 243 g/mol. The molecule has 0 spiro atoms. The number of aldehydes is 1. The van der Waals surface area contributed by atoms with Crippen molar-refractivity contribution in [1.82, 2.24) is 4.98 Å². The molecule has 1 aromatic heterocycles. The molecule has 1 heterocycles. The van der Waals surface area contributed by atoms with Gasteiger partial charge in [-0.3, -0.25) is 4.79 Å². The van der Waals surface area contributed by atoms with Gasteiger partial charge in [0.15, 0.2) is 0 Å². The number of hydrogen-bond acceptors (Lipinski definition) is 2. The third-order valence-electron chi connectivity index (χ3n) is 2.34. The van der Waals surface area contributed by atoms with E-state index >= 15 is 0 Å². The quantitative estimate of drug-likeness (QED) is 0.763. The molecule has 1 aromatic carbocycles. The smallest absolute Gasteiger partial charge is 0.298 e. The minimum Gasteiger partial charge on any atom is -0.298 e. The van der Waals surface area contributed by atoms with E-state index in [0.717, 1.165) is 6.07 Å². The number of benzene rings is 1. The van der Waals surface area contributed by atoms with Crippen molar-refractivity contribution >= 4 is 6.29 Å². The fourth-order valence-electron chi connectivity index (χ4n) is 1.52. The first-order chi connectivity index (χ1) is 8.50. The fraction of sp³-hybridized carbons (Fsp3) is 0.0769. The lowest BCUT2D eigenvalue weighted by Gasteiger charge is -2.09. The number of rotatable bonds is 2. The van der Waals surface area contributed by atoms with E-state index in [0.29, 0.717) is 11.8 Å². The Bertz CT molecular complexity index is 564. The van der Waals surface area contributed by atoms with Crippen molar-refractivity contribution < 1.29 is 18.0 Å². The second-order valence-corrected chi connectivity index (χ2v) is 3.65. The van der Waals surface area contributed by atoms with E-state index < -0.39 is 11.9 Å². The van der Waals surface area contributed by atoms with Crippen molar-refractivity contribution in [2.75, 3.05) is 0 Å². The molecule has 0 amide bonds. The predicted molar refractivity (Wildman–Crippen MR) is 60.1 cm³/mol. The molecule has 0 saturated heterocycles. The summed E-state index contributed by atoms with van der Waals surface area (Å²) in [5, 5.41) is 0. The van der Waals surface area contributed by atoms with Gasteiger partial charge in [0.05, 0.1) is 5.69 Å².